The third kappa shape index (κ3) is 1.49. The Bertz CT molecular complexity index is 388. The van der Waals surface area contributed by atoms with E-state index < -0.39 is 17.9 Å². The fourth-order valence-corrected chi connectivity index (χ4v) is 3.78. The van der Waals surface area contributed by atoms with Crippen LogP contribution in [0, 0.1) is 0 Å². The summed E-state index contributed by atoms with van der Waals surface area (Å²) in [6.07, 6.45) is 0. The topological polar surface area (TPSA) is 83.6 Å². The third-order valence-electron chi connectivity index (χ3n) is 2.21. The van der Waals surface area contributed by atoms with Gasteiger partial charge in [-0.05, 0) is 0 Å². The normalized spacial score (nSPS) is 35.0. The van der Waals surface area contributed by atoms with Crippen molar-refractivity contribution >= 4 is 51.2 Å². The number of carboxylic acids is 1. The molecule has 3 N–H and O–H groups in total. The number of nitrogens with zero attached hydrogens (tertiary/aromatic N) is 1. The standard InChI is InChI=1S/C7H6BrClN2O3S/c8-4-1(9)3(7(13)14)11-5(12)2(10)6(11)15-4/h2,4,6H,10H2,(H,13,14)/t2?,4?,6-/m1/s1. The number of halogens is 2. The summed E-state index contributed by atoms with van der Waals surface area (Å²) >= 11 is 10.4. The van der Waals surface area contributed by atoms with Gasteiger partial charge in [-0.1, -0.05) is 27.5 Å². The molecule has 0 saturated carbocycles. The number of carboxylic acid groups (broad SMARTS) is 1. The summed E-state index contributed by atoms with van der Waals surface area (Å²) in [5.74, 6) is -1.61. The molecule has 0 spiro atoms. The van der Waals surface area contributed by atoms with Crippen LogP contribution in [-0.4, -0.2) is 37.5 Å². The van der Waals surface area contributed by atoms with E-state index in [1.807, 2.05) is 0 Å². The predicted molar refractivity (Wildman–Crippen MR) is 59.4 cm³/mol. The highest BCUT2D eigenvalue weighted by molar-refractivity contribution is 9.11. The number of thioether (sulfide) groups is 1. The number of hydrogen-bond acceptors (Lipinski definition) is 4. The van der Waals surface area contributed by atoms with E-state index in [0.29, 0.717) is 0 Å². The molecule has 82 valence electrons. The van der Waals surface area contributed by atoms with Crippen molar-refractivity contribution in [3.63, 3.8) is 0 Å². The molecular formula is C7H6BrClN2O3S. The summed E-state index contributed by atoms with van der Waals surface area (Å²) in [7, 11) is 0. The fourth-order valence-electron chi connectivity index (χ4n) is 1.48. The van der Waals surface area contributed by atoms with E-state index >= 15 is 0 Å². The van der Waals surface area contributed by atoms with Crippen molar-refractivity contribution < 1.29 is 14.7 Å². The van der Waals surface area contributed by atoms with Crippen LogP contribution >= 0.6 is 39.3 Å². The van der Waals surface area contributed by atoms with Crippen molar-refractivity contribution in [2.24, 2.45) is 5.73 Å². The van der Waals surface area contributed by atoms with Gasteiger partial charge >= 0.3 is 5.97 Å². The van der Waals surface area contributed by atoms with Crippen LogP contribution in [0.25, 0.3) is 0 Å². The van der Waals surface area contributed by atoms with Gasteiger partial charge in [0, 0.05) is 0 Å². The number of β-lactam (4-membered cyclic amide) rings is 1. The smallest absolute Gasteiger partial charge is 0.353 e. The zero-order valence-electron chi connectivity index (χ0n) is 7.18. The lowest BCUT2D eigenvalue weighted by molar-refractivity contribution is -0.147. The van der Waals surface area contributed by atoms with Gasteiger partial charge in [0.25, 0.3) is 0 Å². The van der Waals surface area contributed by atoms with E-state index in [2.05, 4.69) is 15.9 Å². The fraction of sp³-hybridized carbons (Fsp3) is 0.429. The molecular weight excluding hydrogens is 308 g/mol. The van der Waals surface area contributed by atoms with E-state index in [4.69, 9.17) is 22.4 Å². The summed E-state index contributed by atoms with van der Waals surface area (Å²) < 4.78 is -0.328. The molecule has 2 heterocycles. The van der Waals surface area contributed by atoms with Crippen LogP contribution in [0.4, 0.5) is 0 Å². The van der Waals surface area contributed by atoms with Crippen LogP contribution in [0.1, 0.15) is 0 Å². The van der Waals surface area contributed by atoms with E-state index in [1.165, 1.54) is 11.8 Å². The van der Waals surface area contributed by atoms with Gasteiger partial charge in [-0.15, -0.1) is 11.8 Å². The molecule has 2 aliphatic heterocycles. The molecule has 1 fully saturated rings. The number of carbonyl (C=O) groups is 2. The Morgan fingerprint density at radius 3 is 2.80 bits per heavy atom. The van der Waals surface area contributed by atoms with Gasteiger partial charge in [0.15, 0.2) is 0 Å². The van der Waals surface area contributed by atoms with E-state index in [-0.39, 0.29) is 20.3 Å². The Labute approximate surface area is 103 Å². The van der Waals surface area contributed by atoms with Crippen LogP contribution < -0.4 is 5.73 Å². The minimum absolute atomic E-state index is 0.115. The van der Waals surface area contributed by atoms with Crippen molar-refractivity contribution in [1.82, 2.24) is 4.90 Å². The Balaban J connectivity index is 2.43. The van der Waals surface area contributed by atoms with E-state index in [0.717, 1.165) is 4.90 Å². The SMILES string of the molecule is NC1C(=O)N2C(C(=O)O)=C(Cl)C(Br)S[C@H]12. The number of nitrogens with two attached hydrogens (primary N) is 1. The van der Waals surface area contributed by atoms with Gasteiger partial charge in [-0.3, -0.25) is 9.69 Å². The van der Waals surface area contributed by atoms with Crippen LogP contribution in [0.15, 0.2) is 10.7 Å². The highest BCUT2D eigenvalue weighted by Gasteiger charge is 2.53. The summed E-state index contributed by atoms with van der Waals surface area (Å²) in [6.45, 7) is 0. The molecule has 0 aromatic heterocycles. The molecule has 0 aromatic rings. The molecule has 0 aliphatic carbocycles. The first-order valence-corrected chi connectivity index (χ1v) is 6.20. The van der Waals surface area contributed by atoms with Crippen LogP contribution in [0.3, 0.4) is 0 Å². The lowest BCUT2D eigenvalue weighted by Gasteiger charge is -2.48. The molecule has 1 saturated heterocycles. The number of hydrogen-bond donors (Lipinski definition) is 2. The quantitative estimate of drug-likeness (QED) is 0.543. The number of carbonyl (C=O) groups excluding carboxylic acids is 1. The molecule has 2 rings (SSSR count). The van der Waals surface area contributed by atoms with Gasteiger partial charge in [-0.25, -0.2) is 4.79 Å². The molecule has 2 aliphatic rings. The van der Waals surface area contributed by atoms with Crippen LogP contribution in [-0.2, 0) is 9.59 Å². The van der Waals surface area contributed by atoms with Crippen LogP contribution in [0.2, 0.25) is 0 Å². The molecule has 8 heteroatoms. The first-order valence-electron chi connectivity index (χ1n) is 3.96. The molecule has 0 aromatic carbocycles. The maximum absolute atomic E-state index is 11.4. The zero-order chi connectivity index (χ0) is 11.3. The Kier molecular flexibility index (Phi) is 2.74. The largest absolute Gasteiger partial charge is 0.477 e. The average molecular weight is 314 g/mol. The van der Waals surface area contributed by atoms with Gasteiger partial charge < -0.3 is 10.8 Å². The van der Waals surface area contributed by atoms with Gasteiger partial charge in [0.05, 0.1) is 9.19 Å². The number of aliphatic carboxylic acids is 1. The molecule has 15 heavy (non-hydrogen) atoms. The highest BCUT2D eigenvalue weighted by atomic mass is 79.9. The number of alkyl halides is 1. The van der Waals surface area contributed by atoms with E-state index in [9.17, 15) is 9.59 Å². The Hall–Kier alpha value is -0.240. The zero-order valence-corrected chi connectivity index (χ0v) is 10.3. The summed E-state index contributed by atoms with van der Waals surface area (Å²) in [5.41, 5.74) is 5.38. The van der Waals surface area contributed by atoms with Crippen molar-refractivity contribution in [1.29, 1.82) is 0 Å². The van der Waals surface area contributed by atoms with Gasteiger partial charge in [-0.2, -0.15) is 0 Å². The van der Waals surface area contributed by atoms with E-state index in [1.54, 1.807) is 0 Å². The Morgan fingerprint density at radius 2 is 2.27 bits per heavy atom. The number of amides is 1. The molecule has 0 bridgehead atoms. The maximum Gasteiger partial charge on any atom is 0.353 e. The molecule has 2 unspecified atom stereocenters. The minimum Gasteiger partial charge on any atom is -0.477 e. The van der Waals surface area contributed by atoms with Gasteiger partial charge in [0.1, 0.15) is 17.1 Å². The molecule has 0 radical (unpaired) electrons. The second-order valence-corrected chi connectivity index (χ2v) is 6.23. The maximum atomic E-state index is 11.4. The lowest BCUT2D eigenvalue weighted by atomic mass is 10.1. The third-order valence-corrected chi connectivity index (χ3v) is 5.37. The summed E-state index contributed by atoms with van der Waals surface area (Å²) in [5, 5.41) is 8.72. The Morgan fingerprint density at radius 1 is 1.67 bits per heavy atom. The van der Waals surface area contributed by atoms with Crippen molar-refractivity contribution in [3.8, 4) is 0 Å². The summed E-state index contributed by atoms with van der Waals surface area (Å²) in [6, 6.07) is -0.644. The molecule has 5 nitrogen and oxygen atoms in total. The number of rotatable bonds is 1. The first-order chi connectivity index (χ1) is 6.95. The molecule has 1 amide bonds. The predicted octanol–water partition coefficient (Wildman–Crippen LogP) is 0.485. The van der Waals surface area contributed by atoms with Crippen molar-refractivity contribution in [2.75, 3.05) is 0 Å². The average Bonchev–Trinajstić information content (AvgIpc) is 2.20. The number of fused-ring (bicyclic) bond motifs is 1. The first kappa shape index (κ1) is 11.3. The van der Waals surface area contributed by atoms with Crippen molar-refractivity contribution in [3.05, 3.63) is 10.7 Å². The van der Waals surface area contributed by atoms with Gasteiger partial charge in [0.2, 0.25) is 5.91 Å². The molecule has 3 atom stereocenters. The second kappa shape index (κ2) is 3.65. The monoisotopic (exact) mass is 312 g/mol. The summed E-state index contributed by atoms with van der Waals surface area (Å²) in [4.78, 5) is 23.5. The lowest BCUT2D eigenvalue weighted by Crippen LogP contribution is -2.68. The second-order valence-electron chi connectivity index (χ2n) is 3.08. The van der Waals surface area contributed by atoms with Crippen LogP contribution in [0.5, 0.6) is 0 Å². The highest BCUT2D eigenvalue weighted by Crippen LogP contribution is 2.46. The minimum atomic E-state index is -1.21. The van der Waals surface area contributed by atoms with Crippen molar-refractivity contribution in [2.45, 2.75) is 15.6 Å².